The van der Waals surface area contributed by atoms with Crippen LogP contribution in [0.2, 0.25) is 0 Å². The molecule has 0 amide bonds. The zero-order chi connectivity index (χ0) is 13.6. The van der Waals surface area contributed by atoms with Crippen LogP contribution in [0.25, 0.3) is 0 Å². The van der Waals surface area contributed by atoms with E-state index in [-0.39, 0.29) is 11.9 Å². The summed E-state index contributed by atoms with van der Waals surface area (Å²) in [5.41, 5.74) is 0. The number of halogens is 1. The fourth-order valence-electron chi connectivity index (χ4n) is 1.39. The summed E-state index contributed by atoms with van der Waals surface area (Å²) in [5, 5.41) is 0.828. The molecule has 4 nitrogen and oxygen atoms in total. The van der Waals surface area contributed by atoms with Crippen molar-refractivity contribution >= 4 is 40.6 Å². The van der Waals surface area contributed by atoms with Gasteiger partial charge in [0.1, 0.15) is 11.9 Å². The molecule has 0 aliphatic heterocycles. The molecule has 1 rings (SSSR count). The third-order valence-corrected chi connectivity index (χ3v) is 6.40. The van der Waals surface area contributed by atoms with Gasteiger partial charge in [0.15, 0.2) is 0 Å². The number of thiophene rings is 1. The van der Waals surface area contributed by atoms with E-state index in [1.807, 2.05) is 12.1 Å². The van der Waals surface area contributed by atoms with E-state index in [9.17, 15) is 9.36 Å². The van der Waals surface area contributed by atoms with Crippen molar-refractivity contribution in [3.05, 3.63) is 21.9 Å². The van der Waals surface area contributed by atoms with Gasteiger partial charge in [0.05, 0.1) is 0 Å². The lowest BCUT2D eigenvalue weighted by atomic mass is 10.2. The molecule has 0 radical (unpaired) electrons. The maximum atomic E-state index is 11.8. The molecule has 0 spiro atoms. The fraction of sp³-hybridized carbons (Fsp3) is 0.545. The lowest BCUT2D eigenvalue weighted by molar-refractivity contribution is -0.116. The van der Waals surface area contributed by atoms with Crippen LogP contribution in [0.5, 0.6) is 0 Å². The Morgan fingerprint density at radius 1 is 1.33 bits per heavy atom. The van der Waals surface area contributed by atoms with Crippen molar-refractivity contribution in [3.63, 3.8) is 0 Å². The third kappa shape index (κ3) is 4.94. The second-order valence-corrected chi connectivity index (χ2v) is 7.76. The number of hydrogen-bond acceptors (Lipinski definition) is 5. The Hall–Kier alpha value is -0.0000000000000000486. The number of rotatable bonds is 8. The van der Waals surface area contributed by atoms with Gasteiger partial charge in [0.25, 0.3) is 0 Å². The first-order valence-corrected chi connectivity index (χ1v) is 9.05. The molecule has 1 aromatic rings. The highest BCUT2D eigenvalue weighted by Gasteiger charge is 2.25. The lowest BCUT2D eigenvalue weighted by Gasteiger charge is -2.12. The van der Waals surface area contributed by atoms with Gasteiger partial charge in [0.2, 0.25) is 0 Å². The van der Waals surface area contributed by atoms with Crippen LogP contribution < -0.4 is 0 Å². The molecular weight excluding hydrogens is 339 g/mol. The van der Waals surface area contributed by atoms with E-state index in [1.165, 1.54) is 19.1 Å². The minimum absolute atomic E-state index is 0.101. The van der Waals surface area contributed by atoms with Crippen LogP contribution >= 0.6 is 34.9 Å². The van der Waals surface area contributed by atoms with E-state index >= 15 is 0 Å². The molecule has 0 saturated heterocycles. The SMILES string of the molecule is COP(=O)(CC(=O)CCc1ccc(CBr)s1)OC. The van der Waals surface area contributed by atoms with E-state index in [2.05, 4.69) is 15.9 Å². The molecule has 7 heteroatoms. The van der Waals surface area contributed by atoms with Crippen LogP contribution in [0.15, 0.2) is 12.1 Å². The Labute approximate surface area is 119 Å². The van der Waals surface area contributed by atoms with E-state index in [1.54, 1.807) is 11.3 Å². The monoisotopic (exact) mass is 354 g/mol. The van der Waals surface area contributed by atoms with Crippen molar-refractivity contribution < 1.29 is 18.4 Å². The van der Waals surface area contributed by atoms with Crippen LogP contribution in [0.3, 0.4) is 0 Å². The van der Waals surface area contributed by atoms with Gasteiger partial charge in [-0.2, -0.15) is 0 Å². The zero-order valence-electron chi connectivity index (χ0n) is 10.3. The van der Waals surface area contributed by atoms with E-state index in [4.69, 9.17) is 9.05 Å². The Kier molecular flexibility index (Phi) is 6.74. The quantitative estimate of drug-likeness (QED) is 0.528. The van der Waals surface area contributed by atoms with Gasteiger partial charge in [-0.25, -0.2) is 0 Å². The minimum atomic E-state index is -3.21. The van der Waals surface area contributed by atoms with Gasteiger partial charge in [0, 0.05) is 35.7 Å². The fourth-order valence-corrected chi connectivity index (χ4v) is 3.79. The Morgan fingerprint density at radius 2 is 1.94 bits per heavy atom. The van der Waals surface area contributed by atoms with Crippen LogP contribution in [0, 0.1) is 0 Å². The lowest BCUT2D eigenvalue weighted by Crippen LogP contribution is -2.08. The summed E-state index contributed by atoms with van der Waals surface area (Å²) in [6.45, 7) is 0. The predicted octanol–water partition coefficient (Wildman–Crippen LogP) is 3.63. The Bertz CT molecular complexity index is 438. The van der Waals surface area contributed by atoms with Crippen LogP contribution in [-0.2, 0) is 30.2 Å². The number of carbonyl (C=O) groups excluding carboxylic acids is 1. The van der Waals surface area contributed by atoms with Gasteiger partial charge >= 0.3 is 7.60 Å². The molecule has 0 saturated carbocycles. The average Bonchev–Trinajstić information content (AvgIpc) is 2.84. The zero-order valence-corrected chi connectivity index (χ0v) is 13.6. The van der Waals surface area contributed by atoms with E-state index < -0.39 is 7.60 Å². The van der Waals surface area contributed by atoms with E-state index in [0.717, 1.165) is 10.2 Å². The summed E-state index contributed by atoms with van der Waals surface area (Å²) in [5.74, 6) is -0.101. The molecule has 0 unspecified atom stereocenters. The molecule has 1 heterocycles. The summed E-state index contributed by atoms with van der Waals surface area (Å²) in [6, 6.07) is 4.05. The molecule has 0 aliphatic carbocycles. The highest BCUT2D eigenvalue weighted by Crippen LogP contribution is 2.46. The minimum Gasteiger partial charge on any atom is -0.312 e. The second kappa shape index (κ2) is 7.56. The highest BCUT2D eigenvalue weighted by atomic mass is 79.9. The number of Topliss-reactive ketones (excluding diaryl/α,β-unsaturated/α-hetero) is 1. The molecular formula is C11H16BrO4PS. The predicted molar refractivity (Wildman–Crippen MR) is 76.8 cm³/mol. The van der Waals surface area contributed by atoms with Crippen LogP contribution in [-0.4, -0.2) is 26.2 Å². The molecule has 0 aliphatic rings. The first-order valence-electron chi connectivity index (χ1n) is 5.38. The van der Waals surface area contributed by atoms with Crippen molar-refractivity contribution in [3.8, 4) is 0 Å². The second-order valence-electron chi connectivity index (χ2n) is 3.67. The number of aryl methyl sites for hydroxylation is 1. The first kappa shape index (κ1) is 16.1. The normalized spacial score (nSPS) is 11.7. The molecule has 18 heavy (non-hydrogen) atoms. The molecule has 102 valence electrons. The third-order valence-electron chi connectivity index (χ3n) is 2.43. The number of carbonyl (C=O) groups is 1. The van der Waals surface area contributed by atoms with Gasteiger partial charge in [-0.1, -0.05) is 15.9 Å². The smallest absolute Gasteiger partial charge is 0.312 e. The van der Waals surface area contributed by atoms with Gasteiger partial charge in [-0.3, -0.25) is 9.36 Å². The Morgan fingerprint density at radius 3 is 2.44 bits per heavy atom. The van der Waals surface area contributed by atoms with Crippen molar-refractivity contribution in [2.45, 2.75) is 18.2 Å². The van der Waals surface area contributed by atoms with Crippen molar-refractivity contribution in [2.24, 2.45) is 0 Å². The summed E-state index contributed by atoms with van der Waals surface area (Å²) >= 11 is 5.06. The van der Waals surface area contributed by atoms with Crippen molar-refractivity contribution in [2.75, 3.05) is 20.4 Å². The van der Waals surface area contributed by atoms with Crippen LogP contribution in [0.1, 0.15) is 16.2 Å². The maximum Gasteiger partial charge on any atom is 0.337 e. The largest absolute Gasteiger partial charge is 0.337 e. The standard InChI is InChI=1S/C11H16BrO4PS/c1-15-17(14,16-2)8-9(13)3-4-10-5-6-11(7-12)18-10/h5-6H,3-4,7-8H2,1-2H3. The molecule has 1 aromatic heterocycles. The van der Waals surface area contributed by atoms with Crippen LogP contribution in [0.4, 0.5) is 0 Å². The summed E-state index contributed by atoms with van der Waals surface area (Å²) in [7, 11) is -0.631. The van der Waals surface area contributed by atoms with Gasteiger partial charge in [-0.05, 0) is 18.6 Å². The highest BCUT2D eigenvalue weighted by molar-refractivity contribution is 9.08. The summed E-state index contributed by atoms with van der Waals surface area (Å²) in [6.07, 6.45) is 0.875. The molecule has 0 atom stereocenters. The average molecular weight is 355 g/mol. The van der Waals surface area contributed by atoms with E-state index in [0.29, 0.717) is 12.8 Å². The molecule has 0 fully saturated rings. The molecule has 0 N–H and O–H groups in total. The first-order chi connectivity index (χ1) is 8.53. The number of hydrogen-bond donors (Lipinski definition) is 0. The maximum absolute atomic E-state index is 11.8. The van der Waals surface area contributed by atoms with Crippen molar-refractivity contribution in [1.29, 1.82) is 0 Å². The topological polar surface area (TPSA) is 52.6 Å². The Balaban J connectivity index is 2.44. The molecule has 0 aromatic carbocycles. The summed E-state index contributed by atoms with van der Waals surface area (Å²) in [4.78, 5) is 14.1. The number of alkyl halides is 1. The van der Waals surface area contributed by atoms with Gasteiger partial charge < -0.3 is 9.05 Å². The number of ketones is 1. The summed E-state index contributed by atoms with van der Waals surface area (Å²) < 4.78 is 21.2. The molecule has 0 bridgehead atoms. The van der Waals surface area contributed by atoms with Gasteiger partial charge in [-0.15, -0.1) is 11.3 Å². The van der Waals surface area contributed by atoms with Crippen molar-refractivity contribution in [1.82, 2.24) is 0 Å².